The number of benzene rings is 3. The molecular weight excluding hydrogens is 444 g/mol. The molecular formula is C28H32N2O5. The molecule has 184 valence electrons. The average Bonchev–Trinajstić information content (AvgIpc) is 2.91. The van der Waals surface area contributed by atoms with Crippen LogP contribution in [0.25, 0.3) is 0 Å². The van der Waals surface area contributed by atoms with E-state index in [4.69, 9.17) is 14.6 Å². The van der Waals surface area contributed by atoms with Gasteiger partial charge in [0.05, 0.1) is 7.11 Å². The van der Waals surface area contributed by atoms with Crippen LogP contribution in [0, 0.1) is 0 Å². The summed E-state index contributed by atoms with van der Waals surface area (Å²) >= 11 is 0. The number of carbonyl (C=O) groups excluding carboxylic acids is 2. The number of nitrogens with one attached hydrogen (secondary N) is 1. The van der Waals surface area contributed by atoms with E-state index in [1.54, 1.807) is 24.1 Å². The van der Waals surface area contributed by atoms with Gasteiger partial charge in [0.25, 0.3) is 5.91 Å². The SMILES string of the molecule is COc1ccc(CN(C(=O)COc2ccccc2)C(Cc2ccccc2)C(=O)NCCCO)cc1. The Hall–Kier alpha value is -3.84. The van der Waals surface area contributed by atoms with E-state index in [1.165, 1.54) is 0 Å². The minimum Gasteiger partial charge on any atom is -0.497 e. The standard InChI is InChI=1S/C28H32N2O5/c1-34-24-15-13-23(14-16-24)20-30(27(32)21-35-25-11-6-3-7-12-25)26(28(33)29-17-8-18-31)19-22-9-4-2-5-10-22/h2-7,9-16,26,31H,8,17-21H2,1H3,(H,29,33). The van der Waals surface area contributed by atoms with Crippen molar-refractivity contribution in [2.45, 2.75) is 25.4 Å². The zero-order valence-corrected chi connectivity index (χ0v) is 19.9. The van der Waals surface area contributed by atoms with Gasteiger partial charge in [-0.25, -0.2) is 0 Å². The van der Waals surface area contributed by atoms with Crippen LogP contribution in [0.5, 0.6) is 11.5 Å². The summed E-state index contributed by atoms with van der Waals surface area (Å²) in [5.41, 5.74) is 1.80. The van der Waals surface area contributed by atoms with Crippen molar-refractivity contribution in [3.63, 3.8) is 0 Å². The van der Waals surface area contributed by atoms with Crippen LogP contribution < -0.4 is 14.8 Å². The highest BCUT2D eigenvalue weighted by Gasteiger charge is 2.30. The number of para-hydroxylation sites is 1. The summed E-state index contributed by atoms with van der Waals surface area (Å²) in [6.07, 6.45) is 0.784. The monoisotopic (exact) mass is 476 g/mol. The molecule has 0 fully saturated rings. The summed E-state index contributed by atoms with van der Waals surface area (Å²) in [5.74, 6) is 0.714. The maximum atomic E-state index is 13.5. The first-order valence-corrected chi connectivity index (χ1v) is 11.6. The Labute approximate surface area is 206 Å². The molecule has 3 aromatic rings. The fourth-order valence-corrected chi connectivity index (χ4v) is 3.63. The van der Waals surface area contributed by atoms with E-state index < -0.39 is 6.04 Å². The largest absolute Gasteiger partial charge is 0.497 e. The molecule has 0 bridgehead atoms. The third-order valence-corrected chi connectivity index (χ3v) is 5.52. The molecule has 0 heterocycles. The van der Waals surface area contributed by atoms with Crippen LogP contribution in [0.4, 0.5) is 0 Å². The van der Waals surface area contributed by atoms with Crippen molar-refractivity contribution in [1.29, 1.82) is 0 Å². The van der Waals surface area contributed by atoms with Crippen molar-refractivity contribution in [2.24, 2.45) is 0 Å². The molecule has 35 heavy (non-hydrogen) atoms. The number of aliphatic hydroxyl groups excluding tert-OH is 1. The summed E-state index contributed by atoms with van der Waals surface area (Å²) in [4.78, 5) is 28.3. The molecule has 1 atom stereocenters. The highest BCUT2D eigenvalue weighted by atomic mass is 16.5. The van der Waals surface area contributed by atoms with E-state index in [0.717, 1.165) is 11.1 Å². The Morgan fingerprint density at radius 1 is 0.886 bits per heavy atom. The van der Waals surface area contributed by atoms with Crippen LogP contribution in [-0.2, 0) is 22.6 Å². The van der Waals surface area contributed by atoms with Gasteiger partial charge in [-0.3, -0.25) is 9.59 Å². The molecule has 0 aliphatic heterocycles. The fourth-order valence-electron chi connectivity index (χ4n) is 3.63. The Balaban J connectivity index is 1.87. The van der Waals surface area contributed by atoms with Crippen LogP contribution in [0.2, 0.25) is 0 Å². The lowest BCUT2D eigenvalue weighted by atomic mass is 10.0. The molecule has 3 aromatic carbocycles. The summed E-state index contributed by atoms with van der Waals surface area (Å²) in [5, 5.41) is 12.0. The molecule has 0 aliphatic rings. The predicted molar refractivity (Wildman–Crippen MR) is 134 cm³/mol. The molecule has 2 amide bonds. The second-order valence-corrected chi connectivity index (χ2v) is 8.05. The number of carbonyl (C=O) groups is 2. The molecule has 2 N–H and O–H groups in total. The minimum absolute atomic E-state index is 0.0248. The van der Waals surface area contributed by atoms with Crippen molar-refractivity contribution in [3.05, 3.63) is 96.1 Å². The summed E-state index contributed by atoms with van der Waals surface area (Å²) in [7, 11) is 1.60. The molecule has 3 rings (SSSR count). The van der Waals surface area contributed by atoms with Crippen molar-refractivity contribution in [1.82, 2.24) is 10.2 Å². The van der Waals surface area contributed by atoms with Gasteiger partial charge in [-0.2, -0.15) is 0 Å². The van der Waals surface area contributed by atoms with Crippen molar-refractivity contribution >= 4 is 11.8 Å². The number of aliphatic hydroxyl groups is 1. The van der Waals surface area contributed by atoms with Gasteiger partial charge >= 0.3 is 0 Å². The lowest BCUT2D eigenvalue weighted by Gasteiger charge is -2.31. The number of hydrogen-bond donors (Lipinski definition) is 2. The minimum atomic E-state index is -0.759. The number of nitrogens with zero attached hydrogens (tertiary/aromatic N) is 1. The second kappa shape index (κ2) is 13.8. The molecule has 7 heteroatoms. The smallest absolute Gasteiger partial charge is 0.261 e. The summed E-state index contributed by atoms with van der Waals surface area (Å²) < 4.78 is 11.0. The molecule has 1 unspecified atom stereocenters. The molecule has 0 spiro atoms. The quantitative estimate of drug-likeness (QED) is 0.370. The zero-order valence-electron chi connectivity index (χ0n) is 19.9. The van der Waals surface area contributed by atoms with Crippen LogP contribution in [0.3, 0.4) is 0 Å². The first kappa shape index (κ1) is 25.8. The number of rotatable bonds is 13. The van der Waals surface area contributed by atoms with E-state index in [2.05, 4.69) is 5.32 Å². The maximum Gasteiger partial charge on any atom is 0.261 e. The lowest BCUT2D eigenvalue weighted by Crippen LogP contribution is -2.51. The molecule has 0 aromatic heterocycles. The first-order valence-electron chi connectivity index (χ1n) is 11.6. The van der Waals surface area contributed by atoms with Gasteiger partial charge in [0, 0.05) is 26.1 Å². The summed E-state index contributed by atoms with van der Waals surface area (Å²) in [6, 6.07) is 25.3. The lowest BCUT2D eigenvalue weighted by molar-refractivity contribution is -0.142. The van der Waals surface area contributed by atoms with E-state index in [-0.39, 0.29) is 31.6 Å². The number of methoxy groups -OCH3 is 1. The van der Waals surface area contributed by atoms with Gasteiger partial charge < -0.3 is 24.8 Å². The Kier molecular flexibility index (Phi) is 10.1. The van der Waals surface area contributed by atoms with E-state index in [9.17, 15) is 9.59 Å². The molecule has 0 saturated carbocycles. The molecule has 7 nitrogen and oxygen atoms in total. The second-order valence-electron chi connectivity index (χ2n) is 8.05. The molecule has 0 radical (unpaired) electrons. The summed E-state index contributed by atoms with van der Waals surface area (Å²) in [6.45, 7) is 0.329. The van der Waals surface area contributed by atoms with Crippen LogP contribution in [0.15, 0.2) is 84.9 Å². The topological polar surface area (TPSA) is 88.1 Å². The van der Waals surface area contributed by atoms with E-state index in [1.807, 2.05) is 72.8 Å². The highest BCUT2D eigenvalue weighted by molar-refractivity contribution is 5.88. The Bertz CT molecular complexity index is 1040. The van der Waals surface area contributed by atoms with Gasteiger partial charge in [-0.05, 0) is 41.8 Å². The van der Waals surface area contributed by atoms with Gasteiger partial charge in [-0.15, -0.1) is 0 Å². The van der Waals surface area contributed by atoms with E-state index in [0.29, 0.717) is 30.9 Å². The number of amides is 2. The van der Waals surface area contributed by atoms with Gasteiger partial charge in [0.15, 0.2) is 6.61 Å². The van der Waals surface area contributed by atoms with Crippen molar-refractivity contribution < 1.29 is 24.2 Å². The molecule has 0 saturated heterocycles. The van der Waals surface area contributed by atoms with Gasteiger partial charge in [0.1, 0.15) is 17.5 Å². The Morgan fingerprint density at radius 2 is 1.54 bits per heavy atom. The van der Waals surface area contributed by atoms with Crippen molar-refractivity contribution in [3.8, 4) is 11.5 Å². The van der Waals surface area contributed by atoms with Crippen LogP contribution in [-0.4, -0.2) is 54.7 Å². The normalized spacial score (nSPS) is 11.4. The van der Waals surface area contributed by atoms with Crippen LogP contribution >= 0.6 is 0 Å². The third-order valence-electron chi connectivity index (χ3n) is 5.52. The highest BCUT2D eigenvalue weighted by Crippen LogP contribution is 2.18. The van der Waals surface area contributed by atoms with Gasteiger partial charge in [-0.1, -0.05) is 60.7 Å². The molecule has 0 aliphatic carbocycles. The van der Waals surface area contributed by atoms with Crippen molar-refractivity contribution in [2.75, 3.05) is 26.9 Å². The Morgan fingerprint density at radius 3 is 2.17 bits per heavy atom. The fraction of sp³-hybridized carbons (Fsp3) is 0.286. The van der Waals surface area contributed by atoms with E-state index >= 15 is 0 Å². The number of ether oxygens (including phenoxy) is 2. The zero-order chi connectivity index (χ0) is 24.9. The predicted octanol–water partition coefficient (Wildman–Crippen LogP) is 3.21. The third kappa shape index (κ3) is 8.15. The van der Waals surface area contributed by atoms with Crippen LogP contribution in [0.1, 0.15) is 17.5 Å². The number of hydrogen-bond acceptors (Lipinski definition) is 5. The average molecular weight is 477 g/mol. The maximum absolute atomic E-state index is 13.5. The first-order chi connectivity index (χ1) is 17.1. The van der Waals surface area contributed by atoms with Gasteiger partial charge in [0.2, 0.25) is 5.91 Å².